The Morgan fingerprint density at radius 3 is 2.00 bits per heavy atom. The molecule has 0 N–H and O–H groups in total. The van der Waals surface area contributed by atoms with Gasteiger partial charge in [0.15, 0.2) is 0 Å². The highest BCUT2D eigenvalue weighted by Crippen LogP contribution is 2.10. The molecule has 0 saturated carbocycles. The number of hydrogen-bond donors (Lipinski definition) is 0. The van der Waals surface area contributed by atoms with E-state index < -0.39 is 0 Å². The number of nitrogens with zero attached hydrogens (tertiary/aromatic N) is 1. The summed E-state index contributed by atoms with van der Waals surface area (Å²) in [5.41, 5.74) is 1.23. The number of unbranched alkanes of at least 4 members (excludes halogenated alkanes) is 9. The van der Waals surface area contributed by atoms with Crippen LogP contribution in [0, 0.1) is 0 Å². The summed E-state index contributed by atoms with van der Waals surface area (Å²) >= 11 is 0. The van der Waals surface area contributed by atoms with E-state index in [1.807, 2.05) is 18.4 Å². The maximum absolute atomic E-state index is 4.44. The van der Waals surface area contributed by atoms with Crippen molar-refractivity contribution in [3.05, 3.63) is 42.0 Å². The van der Waals surface area contributed by atoms with Gasteiger partial charge in [0.1, 0.15) is 0 Å². The number of allylic oxidation sites excluding steroid dienone is 1. The molecule has 0 saturated heterocycles. The van der Waals surface area contributed by atoms with Gasteiger partial charge >= 0.3 is 0 Å². The van der Waals surface area contributed by atoms with Crippen molar-refractivity contribution in [3.63, 3.8) is 0 Å². The summed E-state index contributed by atoms with van der Waals surface area (Å²) in [5, 5.41) is 0. The summed E-state index contributed by atoms with van der Waals surface area (Å²) in [6.07, 6.45) is 19.9. The number of rotatable bonds is 13. The van der Waals surface area contributed by atoms with Crippen LogP contribution >= 0.6 is 0 Å². The van der Waals surface area contributed by atoms with Gasteiger partial charge in [0.25, 0.3) is 0 Å². The predicted molar refractivity (Wildman–Crippen MR) is 101 cm³/mol. The first kappa shape index (κ1) is 18.7. The third-order valence-corrected chi connectivity index (χ3v) is 3.92. The Morgan fingerprint density at radius 1 is 0.773 bits per heavy atom. The highest BCUT2D eigenvalue weighted by atomic mass is 14.7. The van der Waals surface area contributed by atoms with Crippen LogP contribution in [0.2, 0.25) is 0 Å². The molecule has 0 amide bonds. The van der Waals surface area contributed by atoms with Gasteiger partial charge in [-0.1, -0.05) is 101 Å². The van der Waals surface area contributed by atoms with Gasteiger partial charge in [0.2, 0.25) is 0 Å². The van der Waals surface area contributed by atoms with Crippen molar-refractivity contribution in [1.82, 2.24) is 0 Å². The number of benzene rings is 1. The molecule has 0 aromatic heterocycles. The van der Waals surface area contributed by atoms with Gasteiger partial charge in [0, 0.05) is 12.8 Å². The fraction of sp³-hybridized carbons (Fsp3) is 0.571. The normalized spacial score (nSPS) is 11.7. The van der Waals surface area contributed by atoms with Gasteiger partial charge in [-0.05, 0) is 18.1 Å². The lowest BCUT2D eigenvalue weighted by atomic mass is 10.1. The van der Waals surface area contributed by atoms with E-state index in [2.05, 4.69) is 42.3 Å². The van der Waals surface area contributed by atoms with Gasteiger partial charge in [-0.3, -0.25) is 4.99 Å². The molecule has 1 rings (SSSR count). The molecule has 0 spiro atoms. The largest absolute Gasteiger partial charge is 0.293 e. The van der Waals surface area contributed by atoms with E-state index in [9.17, 15) is 0 Å². The van der Waals surface area contributed by atoms with Crippen molar-refractivity contribution in [2.45, 2.75) is 71.1 Å². The molecule has 1 aromatic carbocycles. The summed E-state index contributed by atoms with van der Waals surface area (Å²) in [6.45, 7) is 3.25. The lowest BCUT2D eigenvalue weighted by Gasteiger charge is -2.01. The van der Waals surface area contributed by atoms with Crippen LogP contribution in [0.5, 0.6) is 0 Å². The predicted octanol–water partition coefficient (Wildman–Crippen LogP) is 6.69. The van der Waals surface area contributed by atoms with Crippen molar-refractivity contribution < 1.29 is 0 Å². The van der Waals surface area contributed by atoms with Crippen molar-refractivity contribution in [2.24, 2.45) is 4.99 Å². The Bertz CT molecular complexity index is 392. The van der Waals surface area contributed by atoms with Crippen molar-refractivity contribution in [3.8, 4) is 0 Å². The molecular weight excluding hydrogens is 266 g/mol. The molecule has 0 aliphatic rings. The molecule has 0 bridgehead atoms. The Labute approximate surface area is 137 Å². The lowest BCUT2D eigenvalue weighted by molar-refractivity contribution is 0.558. The van der Waals surface area contributed by atoms with Gasteiger partial charge in [-0.2, -0.15) is 0 Å². The third kappa shape index (κ3) is 11.3. The molecule has 0 radical (unpaired) electrons. The first-order valence-corrected chi connectivity index (χ1v) is 9.15. The smallest absolute Gasteiger partial charge is 0.0389 e. The fourth-order valence-electron chi connectivity index (χ4n) is 2.54. The van der Waals surface area contributed by atoms with E-state index in [4.69, 9.17) is 0 Å². The van der Waals surface area contributed by atoms with Crippen LogP contribution in [0.25, 0.3) is 6.08 Å². The summed E-state index contributed by atoms with van der Waals surface area (Å²) in [7, 11) is 0. The van der Waals surface area contributed by atoms with Crippen molar-refractivity contribution in [2.75, 3.05) is 6.54 Å². The van der Waals surface area contributed by atoms with Crippen LogP contribution in [0.1, 0.15) is 76.7 Å². The van der Waals surface area contributed by atoms with Crippen molar-refractivity contribution >= 4 is 12.3 Å². The van der Waals surface area contributed by atoms with Crippen LogP contribution in [0.4, 0.5) is 0 Å². The molecular formula is C21H33N. The van der Waals surface area contributed by atoms with Gasteiger partial charge in [0.05, 0.1) is 0 Å². The number of aliphatic imine (C=N–C) groups is 1. The molecule has 1 heteroatoms. The Kier molecular flexibility index (Phi) is 12.4. The molecule has 0 aliphatic carbocycles. The zero-order chi connectivity index (χ0) is 15.7. The molecule has 1 nitrogen and oxygen atoms in total. The van der Waals surface area contributed by atoms with Crippen LogP contribution in [-0.2, 0) is 0 Å². The van der Waals surface area contributed by atoms with E-state index in [-0.39, 0.29) is 0 Å². The Balaban J connectivity index is 1.87. The SMILES string of the molecule is CCCCCCCCCCCCN=CC=Cc1ccccc1. The summed E-state index contributed by atoms with van der Waals surface area (Å²) in [6, 6.07) is 10.4. The van der Waals surface area contributed by atoms with E-state index in [0.717, 1.165) is 6.54 Å². The zero-order valence-corrected chi connectivity index (χ0v) is 14.3. The summed E-state index contributed by atoms with van der Waals surface area (Å²) in [4.78, 5) is 4.44. The Hall–Kier alpha value is -1.37. The molecule has 0 atom stereocenters. The molecule has 0 aliphatic heterocycles. The average molecular weight is 300 g/mol. The molecule has 122 valence electrons. The van der Waals surface area contributed by atoms with Gasteiger partial charge in [-0.25, -0.2) is 0 Å². The van der Waals surface area contributed by atoms with Crippen LogP contribution in [0.15, 0.2) is 41.4 Å². The molecule has 1 aromatic rings. The van der Waals surface area contributed by atoms with Crippen molar-refractivity contribution in [1.29, 1.82) is 0 Å². The maximum atomic E-state index is 4.44. The average Bonchev–Trinajstić information content (AvgIpc) is 2.56. The molecule has 0 fully saturated rings. The quantitative estimate of drug-likeness (QED) is 0.284. The van der Waals surface area contributed by atoms with E-state index in [1.54, 1.807) is 0 Å². The third-order valence-electron chi connectivity index (χ3n) is 3.92. The van der Waals surface area contributed by atoms with E-state index in [0.29, 0.717) is 0 Å². The van der Waals surface area contributed by atoms with Gasteiger partial charge < -0.3 is 0 Å². The minimum absolute atomic E-state index is 0.968. The maximum Gasteiger partial charge on any atom is 0.0389 e. The number of hydrogen-bond acceptors (Lipinski definition) is 1. The fourth-order valence-corrected chi connectivity index (χ4v) is 2.54. The van der Waals surface area contributed by atoms with E-state index >= 15 is 0 Å². The molecule has 0 unspecified atom stereocenters. The molecule has 0 heterocycles. The standard InChI is InChI=1S/C21H33N/c1-2-3-4-5-6-7-8-9-10-14-19-22-20-15-18-21-16-12-11-13-17-21/h11-13,15-18,20H,2-10,14,19H2,1H3. The summed E-state index contributed by atoms with van der Waals surface area (Å²) in [5.74, 6) is 0. The van der Waals surface area contributed by atoms with Crippen LogP contribution < -0.4 is 0 Å². The first-order valence-electron chi connectivity index (χ1n) is 9.15. The zero-order valence-electron chi connectivity index (χ0n) is 14.3. The van der Waals surface area contributed by atoms with E-state index in [1.165, 1.54) is 69.8 Å². The summed E-state index contributed by atoms with van der Waals surface area (Å²) < 4.78 is 0. The molecule has 22 heavy (non-hydrogen) atoms. The minimum atomic E-state index is 0.968. The first-order chi connectivity index (χ1) is 10.9. The van der Waals surface area contributed by atoms with Crippen LogP contribution in [0.3, 0.4) is 0 Å². The monoisotopic (exact) mass is 299 g/mol. The lowest BCUT2D eigenvalue weighted by Crippen LogP contribution is -1.84. The second kappa shape index (κ2) is 14.6. The second-order valence-electron chi connectivity index (χ2n) is 6.01. The van der Waals surface area contributed by atoms with Gasteiger partial charge in [-0.15, -0.1) is 0 Å². The minimum Gasteiger partial charge on any atom is -0.293 e. The highest BCUT2D eigenvalue weighted by molar-refractivity contribution is 5.78. The van der Waals surface area contributed by atoms with Crippen LogP contribution in [-0.4, -0.2) is 12.8 Å². The second-order valence-corrected chi connectivity index (χ2v) is 6.01. The topological polar surface area (TPSA) is 12.4 Å². The highest BCUT2D eigenvalue weighted by Gasteiger charge is 1.91. The Morgan fingerprint density at radius 2 is 1.36 bits per heavy atom.